The van der Waals surface area contributed by atoms with Gasteiger partial charge in [0.25, 0.3) is 0 Å². The Morgan fingerprint density at radius 1 is 1.25 bits per heavy atom. The molecule has 1 atom stereocenters. The fourth-order valence-corrected chi connectivity index (χ4v) is 4.53. The summed E-state index contributed by atoms with van der Waals surface area (Å²) in [6.07, 6.45) is 0.888. The maximum Gasteiger partial charge on any atom is 0.324 e. The summed E-state index contributed by atoms with van der Waals surface area (Å²) in [6.45, 7) is 2.56. The van der Waals surface area contributed by atoms with Gasteiger partial charge in [0.1, 0.15) is 5.01 Å². The van der Waals surface area contributed by atoms with Crippen LogP contribution in [0.5, 0.6) is 0 Å². The molecule has 0 spiro atoms. The van der Waals surface area contributed by atoms with E-state index in [0.29, 0.717) is 11.7 Å². The van der Waals surface area contributed by atoms with Crippen LogP contribution in [0.3, 0.4) is 0 Å². The molecule has 0 fully saturated rings. The van der Waals surface area contributed by atoms with E-state index >= 15 is 0 Å². The summed E-state index contributed by atoms with van der Waals surface area (Å²) in [7, 11) is 0. The van der Waals surface area contributed by atoms with Crippen molar-refractivity contribution in [2.45, 2.75) is 19.4 Å². The maximum atomic E-state index is 12.8. The molecule has 0 bridgehead atoms. The van der Waals surface area contributed by atoms with E-state index in [1.54, 1.807) is 11.3 Å². The first-order valence-corrected chi connectivity index (χ1v) is 9.41. The summed E-state index contributed by atoms with van der Waals surface area (Å²) in [5.74, 6) is 0. The van der Waals surface area contributed by atoms with Gasteiger partial charge in [0.15, 0.2) is 0 Å². The van der Waals surface area contributed by atoms with E-state index < -0.39 is 0 Å². The normalized spacial score (nSPS) is 16.7. The predicted octanol–water partition coefficient (Wildman–Crippen LogP) is 4.09. The van der Waals surface area contributed by atoms with Crippen molar-refractivity contribution in [2.75, 3.05) is 11.9 Å². The molecule has 0 radical (unpaired) electrons. The van der Waals surface area contributed by atoms with E-state index in [2.05, 4.69) is 39.1 Å². The van der Waals surface area contributed by atoms with Gasteiger partial charge in [-0.05, 0) is 35.9 Å². The van der Waals surface area contributed by atoms with Crippen molar-refractivity contribution < 1.29 is 4.79 Å². The number of nitrogens with zero attached hydrogens (tertiary/aromatic N) is 3. The highest BCUT2D eigenvalue weighted by Crippen LogP contribution is 2.38. The second-order valence-electron chi connectivity index (χ2n) is 5.61. The third kappa shape index (κ3) is 2.81. The molecule has 7 heteroatoms. The Morgan fingerprint density at radius 3 is 2.83 bits per heavy atom. The van der Waals surface area contributed by atoms with E-state index in [0.717, 1.165) is 17.0 Å². The van der Waals surface area contributed by atoms with Crippen molar-refractivity contribution in [3.8, 4) is 0 Å². The van der Waals surface area contributed by atoms with E-state index in [9.17, 15) is 4.79 Å². The number of amides is 2. The van der Waals surface area contributed by atoms with E-state index in [1.807, 2.05) is 30.0 Å². The number of aromatic nitrogens is 2. The highest BCUT2D eigenvalue weighted by atomic mass is 32.1. The Morgan fingerprint density at radius 2 is 2.08 bits per heavy atom. The number of nitrogens with one attached hydrogen (secondary N) is 1. The average Bonchev–Trinajstić information content (AvgIpc) is 3.23. The first kappa shape index (κ1) is 15.3. The molecule has 2 aromatic heterocycles. The Balaban J connectivity index is 1.67. The van der Waals surface area contributed by atoms with Gasteiger partial charge in [0.05, 0.1) is 6.04 Å². The van der Waals surface area contributed by atoms with Crippen molar-refractivity contribution in [1.29, 1.82) is 0 Å². The van der Waals surface area contributed by atoms with E-state index in [1.165, 1.54) is 21.8 Å². The van der Waals surface area contributed by atoms with Crippen molar-refractivity contribution in [3.63, 3.8) is 0 Å². The van der Waals surface area contributed by atoms with Crippen LogP contribution in [0, 0.1) is 6.92 Å². The van der Waals surface area contributed by atoms with Crippen molar-refractivity contribution in [3.05, 3.63) is 62.8 Å². The lowest BCUT2D eigenvalue weighted by Crippen LogP contribution is -2.42. The number of hydrogen-bond donors (Lipinski definition) is 1. The summed E-state index contributed by atoms with van der Waals surface area (Å²) in [5, 5.41) is 14.3. The number of carbonyl (C=O) groups is 1. The second-order valence-corrected chi connectivity index (χ2v) is 7.79. The van der Waals surface area contributed by atoms with Crippen LogP contribution in [-0.4, -0.2) is 27.7 Å². The standard InChI is InChI=1S/C17H16N4OS2/c1-11-19-20-16(24-11)18-17(22)21-9-7-14-13(8-10-23-14)15(21)12-5-3-2-4-6-12/h2-6,8,10,15H,7,9H2,1H3,(H,18,20,22)/t15-/m1/s1. The van der Waals surface area contributed by atoms with Crippen LogP contribution in [0.1, 0.15) is 27.1 Å². The zero-order valence-corrected chi connectivity index (χ0v) is 14.7. The molecule has 0 unspecified atom stereocenters. The largest absolute Gasteiger partial charge is 0.324 e. The molecule has 3 heterocycles. The number of urea groups is 1. The molecule has 1 aliphatic rings. The highest BCUT2D eigenvalue weighted by Gasteiger charge is 2.33. The predicted molar refractivity (Wildman–Crippen MR) is 96.7 cm³/mol. The minimum atomic E-state index is -0.128. The first-order valence-electron chi connectivity index (χ1n) is 7.71. The smallest absolute Gasteiger partial charge is 0.313 e. The quantitative estimate of drug-likeness (QED) is 0.752. The van der Waals surface area contributed by atoms with Gasteiger partial charge in [-0.15, -0.1) is 21.5 Å². The summed E-state index contributed by atoms with van der Waals surface area (Å²) in [6, 6.07) is 12.1. The van der Waals surface area contributed by atoms with Crippen LogP contribution in [0.25, 0.3) is 0 Å². The number of aryl methyl sites for hydroxylation is 1. The monoisotopic (exact) mass is 356 g/mol. The molecule has 5 nitrogen and oxygen atoms in total. The molecule has 4 rings (SSSR count). The van der Waals surface area contributed by atoms with Crippen LogP contribution in [0.2, 0.25) is 0 Å². The van der Waals surface area contributed by atoms with Gasteiger partial charge in [-0.1, -0.05) is 41.7 Å². The molecule has 24 heavy (non-hydrogen) atoms. The fraction of sp³-hybridized carbons (Fsp3) is 0.235. The Hall–Kier alpha value is -2.25. The van der Waals surface area contributed by atoms with Crippen molar-refractivity contribution in [1.82, 2.24) is 15.1 Å². The van der Waals surface area contributed by atoms with Gasteiger partial charge in [-0.2, -0.15) is 0 Å². The van der Waals surface area contributed by atoms with Crippen molar-refractivity contribution in [2.24, 2.45) is 0 Å². The minimum Gasteiger partial charge on any atom is -0.313 e. The molecular weight excluding hydrogens is 340 g/mol. The van der Waals surface area contributed by atoms with Crippen LogP contribution in [0.4, 0.5) is 9.93 Å². The van der Waals surface area contributed by atoms with Gasteiger partial charge in [0, 0.05) is 11.4 Å². The Kier molecular flexibility index (Phi) is 4.03. The van der Waals surface area contributed by atoms with Crippen LogP contribution in [-0.2, 0) is 6.42 Å². The number of thiophene rings is 1. The number of rotatable bonds is 2. The maximum absolute atomic E-state index is 12.8. The summed E-state index contributed by atoms with van der Waals surface area (Å²) >= 11 is 3.15. The van der Waals surface area contributed by atoms with Gasteiger partial charge >= 0.3 is 6.03 Å². The number of carbonyl (C=O) groups excluding carboxylic acids is 1. The second kappa shape index (κ2) is 6.33. The molecule has 0 saturated carbocycles. The lowest BCUT2D eigenvalue weighted by molar-refractivity contribution is 0.194. The van der Waals surface area contributed by atoms with Crippen LogP contribution < -0.4 is 5.32 Å². The molecule has 3 aromatic rings. The molecule has 1 aromatic carbocycles. The minimum absolute atomic E-state index is 0.0600. The lowest BCUT2D eigenvalue weighted by atomic mass is 9.93. The van der Waals surface area contributed by atoms with Gasteiger partial charge < -0.3 is 4.90 Å². The molecular formula is C17H16N4OS2. The fourth-order valence-electron chi connectivity index (χ4n) is 3.04. The van der Waals surface area contributed by atoms with Gasteiger partial charge in [-0.3, -0.25) is 5.32 Å². The molecule has 1 aliphatic heterocycles. The third-order valence-corrected chi connectivity index (χ3v) is 5.83. The Labute approximate surface area is 148 Å². The molecule has 0 aliphatic carbocycles. The highest BCUT2D eigenvalue weighted by molar-refractivity contribution is 7.15. The lowest BCUT2D eigenvalue weighted by Gasteiger charge is -2.36. The summed E-state index contributed by atoms with van der Waals surface area (Å²) in [4.78, 5) is 16.1. The number of hydrogen-bond acceptors (Lipinski definition) is 5. The molecule has 122 valence electrons. The zero-order chi connectivity index (χ0) is 16.5. The molecule has 0 saturated heterocycles. The van der Waals surface area contributed by atoms with Crippen LogP contribution in [0.15, 0.2) is 41.8 Å². The number of benzene rings is 1. The first-order chi connectivity index (χ1) is 11.7. The van der Waals surface area contributed by atoms with Gasteiger partial charge in [-0.25, -0.2) is 4.79 Å². The SMILES string of the molecule is Cc1nnc(NC(=O)N2CCc3sccc3[C@H]2c2ccccc2)s1. The zero-order valence-electron chi connectivity index (χ0n) is 13.1. The number of anilines is 1. The number of fused-ring (bicyclic) bond motifs is 1. The summed E-state index contributed by atoms with van der Waals surface area (Å²) in [5.41, 5.74) is 2.35. The van der Waals surface area contributed by atoms with Crippen LogP contribution >= 0.6 is 22.7 Å². The average molecular weight is 356 g/mol. The molecule has 1 N–H and O–H groups in total. The topological polar surface area (TPSA) is 58.1 Å². The summed E-state index contributed by atoms with van der Waals surface area (Å²) < 4.78 is 0. The van der Waals surface area contributed by atoms with Crippen molar-refractivity contribution >= 4 is 33.8 Å². The van der Waals surface area contributed by atoms with E-state index in [-0.39, 0.29) is 12.1 Å². The third-order valence-electron chi connectivity index (χ3n) is 4.08. The molecule has 2 amide bonds. The Bertz CT molecular complexity index is 858. The van der Waals surface area contributed by atoms with E-state index in [4.69, 9.17) is 0 Å². The van der Waals surface area contributed by atoms with Gasteiger partial charge in [0.2, 0.25) is 5.13 Å².